The van der Waals surface area contributed by atoms with Gasteiger partial charge in [-0.05, 0) is 27.7 Å². The molecule has 3 N–H and O–H groups in total. The minimum atomic E-state index is -0.541. The summed E-state index contributed by atoms with van der Waals surface area (Å²) < 4.78 is 0. The van der Waals surface area contributed by atoms with Gasteiger partial charge in [0.25, 0.3) is 0 Å². The van der Waals surface area contributed by atoms with Crippen molar-refractivity contribution in [3.8, 4) is 12.3 Å². The van der Waals surface area contributed by atoms with E-state index in [0.717, 1.165) is 0 Å². The van der Waals surface area contributed by atoms with Crippen molar-refractivity contribution < 1.29 is 9.90 Å². The summed E-state index contributed by atoms with van der Waals surface area (Å²) >= 11 is 0. The van der Waals surface area contributed by atoms with Gasteiger partial charge in [-0.2, -0.15) is 0 Å². The van der Waals surface area contributed by atoms with E-state index in [-0.39, 0.29) is 18.5 Å². The standard InChI is InChI=1S/C11H20N2O2/c1-6-7-12-10(15)8(2)13-11(4,5)9(3)14/h1,8-9,13-14H,7H2,2-5H3,(H,12,15). The third kappa shape index (κ3) is 4.82. The number of aliphatic hydroxyl groups is 1. The molecule has 0 aliphatic rings. The van der Waals surface area contributed by atoms with E-state index in [1.165, 1.54) is 0 Å². The molecule has 86 valence electrons. The van der Waals surface area contributed by atoms with Gasteiger partial charge in [-0.3, -0.25) is 10.1 Å². The lowest BCUT2D eigenvalue weighted by Crippen LogP contribution is -2.56. The van der Waals surface area contributed by atoms with Crippen LogP contribution in [0.15, 0.2) is 0 Å². The number of carbonyl (C=O) groups excluding carboxylic acids is 1. The second kappa shape index (κ2) is 5.74. The van der Waals surface area contributed by atoms with Gasteiger partial charge in [-0.25, -0.2) is 0 Å². The van der Waals surface area contributed by atoms with Crippen molar-refractivity contribution in [3.05, 3.63) is 0 Å². The van der Waals surface area contributed by atoms with Gasteiger partial charge in [0, 0.05) is 5.54 Å². The fraction of sp³-hybridized carbons (Fsp3) is 0.727. The first-order chi connectivity index (χ1) is 6.81. The molecule has 0 aliphatic heterocycles. The van der Waals surface area contributed by atoms with Crippen LogP contribution in [0.1, 0.15) is 27.7 Å². The zero-order valence-electron chi connectivity index (χ0n) is 9.79. The molecule has 0 aromatic rings. The fourth-order valence-corrected chi connectivity index (χ4v) is 1.04. The maximum Gasteiger partial charge on any atom is 0.237 e. The van der Waals surface area contributed by atoms with Crippen LogP contribution in [0.2, 0.25) is 0 Å². The normalized spacial score (nSPS) is 15.2. The van der Waals surface area contributed by atoms with Crippen molar-refractivity contribution in [1.29, 1.82) is 0 Å². The first kappa shape index (κ1) is 13.9. The van der Waals surface area contributed by atoms with E-state index in [2.05, 4.69) is 16.6 Å². The zero-order chi connectivity index (χ0) is 12.1. The lowest BCUT2D eigenvalue weighted by molar-refractivity contribution is -0.123. The number of rotatable bonds is 5. The van der Waals surface area contributed by atoms with Crippen LogP contribution in [0.5, 0.6) is 0 Å². The second-order valence-corrected chi connectivity index (χ2v) is 4.19. The molecule has 0 aromatic carbocycles. The second-order valence-electron chi connectivity index (χ2n) is 4.19. The van der Waals surface area contributed by atoms with E-state index in [0.29, 0.717) is 0 Å². The molecule has 0 radical (unpaired) electrons. The maximum atomic E-state index is 11.5. The summed E-state index contributed by atoms with van der Waals surface area (Å²) in [5.41, 5.74) is -0.507. The molecule has 2 atom stereocenters. The summed E-state index contributed by atoms with van der Waals surface area (Å²) in [7, 11) is 0. The molecule has 15 heavy (non-hydrogen) atoms. The molecule has 0 fully saturated rings. The van der Waals surface area contributed by atoms with Crippen molar-refractivity contribution in [2.75, 3.05) is 6.54 Å². The molecule has 4 nitrogen and oxygen atoms in total. The van der Waals surface area contributed by atoms with Gasteiger partial charge >= 0.3 is 0 Å². The van der Waals surface area contributed by atoms with Gasteiger partial charge in [0.2, 0.25) is 5.91 Å². The summed E-state index contributed by atoms with van der Waals surface area (Å²) in [6.07, 6.45) is 4.49. The number of amides is 1. The Morgan fingerprint density at radius 3 is 2.47 bits per heavy atom. The van der Waals surface area contributed by atoms with Crippen molar-refractivity contribution in [1.82, 2.24) is 10.6 Å². The Morgan fingerprint density at radius 2 is 2.07 bits per heavy atom. The van der Waals surface area contributed by atoms with Crippen LogP contribution in [-0.2, 0) is 4.79 Å². The van der Waals surface area contributed by atoms with Crippen molar-refractivity contribution >= 4 is 5.91 Å². The number of nitrogens with one attached hydrogen (secondary N) is 2. The molecule has 1 amide bonds. The number of carbonyl (C=O) groups is 1. The van der Waals surface area contributed by atoms with Gasteiger partial charge < -0.3 is 10.4 Å². The summed E-state index contributed by atoms with van der Waals surface area (Å²) in [5.74, 6) is 2.16. The van der Waals surface area contributed by atoms with Gasteiger partial charge in [-0.15, -0.1) is 6.42 Å². The largest absolute Gasteiger partial charge is 0.392 e. The molecule has 4 heteroatoms. The number of hydrogen-bond acceptors (Lipinski definition) is 3. The summed E-state index contributed by atoms with van der Waals surface area (Å²) in [6, 6.07) is -0.386. The number of hydrogen-bond donors (Lipinski definition) is 3. The molecule has 0 saturated carbocycles. The Bertz CT molecular complexity index is 254. The monoisotopic (exact) mass is 212 g/mol. The summed E-state index contributed by atoms with van der Waals surface area (Å²) in [5, 5.41) is 15.1. The Kier molecular flexibility index (Phi) is 5.34. The van der Waals surface area contributed by atoms with E-state index in [1.54, 1.807) is 13.8 Å². The zero-order valence-corrected chi connectivity index (χ0v) is 9.79. The van der Waals surface area contributed by atoms with Gasteiger partial charge in [-0.1, -0.05) is 5.92 Å². The quantitative estimate of drug-likeness (QED) is 0.556. The van der Waals surface area contributed by atoms with Crippen LogP contribution < -0.4 is 10.6 Å². The molecular formula is C11H20N2O2. The fourth-order valence-electron chi connectivity index (χ4n) is 1.04. The third-order valence-electron chi connectivity index (χ3n) is 2.39. The van der Waals surface area contributed by atoms with Crippen LogP contribution in [0.4, 0.5) is 0 Å². The highest BCUT2D eigenvalue weighted by molar-refractivity contribution is 5.81. The average molecular weight is 212 g/mol. The Morgan fingerprint density at radius 1 is 1.53 bits per heavy atom. The number of aliphatic hydroxyl groups excluding tert-OH is 1. The molecule has 0 bridgehead atoms. The van der Waals surface area contributed by atoms with Crippen LogP contribution in [0, 0.1) is 12.3 Å². The molecule has 0 saturated heterocycles. The van der Waals surface area contributed by atoms with Crippen molar-refractivity contribution in [2.24, 2.45) is 0 Å². The lowest BCUT2D eigenvalue weighted by Gasteiger charge is -2.32. The highest BCUT2D eigenvalue weighted by atomic mass is 16.3. The lowest BCUT2D eigenvalue weighted by atomic mass is 9.97. The smallest absolute Gasteiger partial charge is 0.237 e. The maximum absolute atomic E-state index is 11.5. The van der Waals surface area contributed by atoms with Crippen LogP contribution in [-0.4, -0.2) is 35.2 Å². The van der Waals surface area contributed by atoms with Gasteiger partial charge in [0.05, 0.1) is 18.7 Å². The topological polar surface area (TPSA) is 61.4 Å². The molecule has 0 rings (SSSR count). The summed E-state index contributed by atoms with van der Waals surface area (Å²) in [4.78, 5) is 11.5. The van der Waals surface area contributed by atoms with Crippen molar-refractivity contribution in [3.63, 3.8) is 0 Å². The van der Waals surface area contributed by atoms with E-state index < -0.39 is 11.6 Å². The summed E-state index contributed by atoms with van der Waals surface area (Å²) in [6.45, 7) is 7.31. The molecule has 0 heterocycles. The Labute approximate surface area is 91.4 Å². The first-order valence-corrected chi connectivity index (χ1v) is 4.98. The molecule has 2 unspecified atom stereocenters. The predicted octanol–water partition coefficient (Wildman–Crippen LogP) is -0.127. The molecular weight excluding hydrogens is 192 g/mol. The first-order valence-electron chi connectivity index (χ1n) is 4.98. The van der Waals surface area contributed by atoms with Crippen LogP contribution >= 0.6 is 0 Å². The minimum absolute atomic E-state index is 0.165. The van der Waals surface area contributed by atoms with Crippen LogP contribution in [0.3, 0.4) is 0 Å². The molecule has 0 aromatic heterocycles. The molecule has 0 spiro atoms. The van der Waals surface area contributed by atoms with Crippen molar-refractivity contribution in [2.45, 2.75) is 45.4 Å². The van der Waals surface area contributed by atoms with Crippen LogP contribution in [0.25, 0.3) is 0 Å². The Hall–Kier alpha value is -1.05. The minimum Gasteiger partial charge on any atom is -0.392 e. The average Bonchev–Trinajstić information content (AvgIpc) is 2.13. The van der Waals surface area contributed by atoms with E-state index in [4.69, 9.17) is 6.42 Å². The predicted molar refractivity (Wildman–Crippen MR) is 60.2 cm³/mol. The Balaban J connectivity index is 4.19. The third-order valence-corrected chi connectivity index (χ3v) is 2.39. The van der Waals surface area contributed by atoms with E-state index >= 15 is 0 Å². The van der Waals surface area contributed by atoms with Gasteiger partial charge in [0.15, 0.2) is 0 Å². The van der Waals surface area contributed by atoms with Gasteiger partial charge in [0.1, 0.15) is 0 Å². The number of terminal acetylenes is 1. The van der Waals surface area contributed by atoms with E-state index in [9.17, 15) is 9.90 Å². The highest BCUT2D eigenvalue weighted by Gasteiger charge is 2.27. The van der Waals surface area contributed by atoms with E-state index in [1.807, 2.05) is 13.8 Å². The highest BCUT2D eigenvalue weighted by Crippen LogP contribution is 2.09. The SMILES string of the molecule is C#CCNC(=O)C(C)NC(C)(C)C(C)O. The molecule has 0 aliphatic carbocycles.